The summed E-state index contributed by atoms with van der Waals surface area (Å²) in [5, 5.41) is 12.9. The third kappa shape index (κ3) is 2.96. The minimum Gasteiger partial charge on any atom is -0.396 e. The Morgan fingerprint density at radius 1 is 1.38 bits per heavy atom. The van der Waals surface area contributed by atoms with Gasteiger partial charge < -0.3 is 10.4 Å². The van der Waals surface area contributed by atoms with E-state index in [0.717, 1.165) is 6.54 Å². The molecule has 13 heavy (non-hydrogen) atoms. The van der Waals surface area contributed by atoms with Crippen LogP contribution in [0.3, 0.4) is 0 Å². The lowest BCUT2D eigenvalue weighted by Crippen LogP contribution is -2.39. The monoisotopic (exact) mass is 185 g/mol. The molecule has 1 aliphatic carbocycles. The average molecular weight is 185 g/mol. The molecule has 0 bridgehead atoms. The van der Waals surface area contributed by atoms with Gasteiger partial charge in [-0.05, 0) is 26.2 Å². The Bertz CT molecular complexity index is 141. The fourth-order valence-electron chi connectivity index (χ4n) is 2.05. The van der Waals surface area contributed by atoms with Crippen molar-refractivity contribution in [3.63, 3.8) is 0 Å². The Morgan fingerprint density at radius 2 is 2.00 bits per heavy atom. The molecule has 1 atom stereocenters. The summed E-state index contributed by atoms with van der Waals surface area (Å²) in [7, 11) is 0. The van der Waals surface area contributed by atoms with Crippen LogP contribution >= 0.6 is 0 Å². The molecular formula is C11H23NO. The van der Waals surface area contributed by atoms with Crippen LogP contribution in [0.2, 0.25) is 0 Å². The van der Waals surface area contributed by atoms with Crippen LogP contribution in [0.1, 0.15) is 46.0 Å². The summed E-state index contributed by atoms with van der Waals surface area (Å²) in [6.07, 6.45) is 6.16. The third-order valence-corrected chi connectivity index (χ3v) is 3.44. The lowest BCUT2D eigenvalue weighted by molar-refractivity contribution is 0.125. The highest BCUT2D eigenvalue weighted by Crippen LogP contribution is 2.36. The summed E-state index contributed by atoms with van der Waals surface area (Å²) in [5.41, 5.74) is 0.212. The molecule has 0 aromatic heterocycles. The SMILES string of the molecule is CCC(C)NCC1(CO)CCCC1. The highest BCUT2D eigenvalue weighted by atomic mass is 16.3. The highest BCUT2D eigenvalue weighted by molar-refractivity contribution is 4.86. The van der Waals surface area contributed by atoms with Crippen LogP contribution in [-0.4, -0.2) is 24.3 Å². The Morgan fingerprint density at radius 3 is 2.46 bits per heavy atom. The molecule has 0 heterocycles. The van der Waals surface area contributed by atoms with E-state index >= 15 is 0 Å². The molecule has 0 saturated heterocycles. The minimum absolute atomic E-state index is 0.212. The van der Waals surface area contributed by atoms with E-state index in [0.29, 0.717) is 12.6 Å². The van der Waals surface area contributed by atoms with Crippen molar-refractivity contribution in [2.24, 2.45) is 5.41 Å². The molecule has 0 aromatic rings. The predicted molar refractivity (Wildman–Crippen MR) is 55.7 cm³/mol. The van der Waals surface area contributed by atoms with Gasteiger partial charge in [-0.3, -0.25) is 0 Å². The van der Waals surface area contributed by atoms with Crippen LogP contribution in [0.5, 0.6) is 0 Å². The Kier molecular flexibility index (Phi) is 4.20. The van der Waals surface area contributed by atoms with Gasteiger partial charge in [0.1, 0.15) is 0 Å². The first-order chi connectivity index (χ1) is 6.22. The zero-order valence-corrected chi connectivity index (χ0v) is 8.97. The van der Waals surface area contributed by atoms with Gasteiger partial charge in [-0.15, -0.1) is 0 Å². The van der Waals surface area contributed by atoms with E-state index in [4.69, 9.17) is 0 Å². The van der Waals surface area contributed by atoms with Gasteiger partial charge >= 0.3 is 0 Å². The van der Waals surface area contributed by atoms with E-state index in [9.17, 15) is 5.11 Å². The molecule has 0 aliphatic heterocycles. The fraction of sp³-hybridized carbons (Fsp3) is 1.00. The predicted octanol–water partition coefficient (Wildman–Crippen LogP) is 1.93. The average Bonchev–Trinajstić information content (AvgIpc) is 2.63. The van der Waals surface area contributed by atoms with E-state index in [1.807, 2.05) is 0 Å². The molecule has 1 fully saturated rings. The molecule has 78 valence electrons. The van der Waals surface area contributed by atoms with Crippen LogP contribution in [0.25, 0.3) is 0 Å². The van der Waals surface area contributed by atoms with Crippen LogP contribution in [0.4, 0.5) is 0 Å². The molecule has 0 spiro atoms. The molecule has 2 N–H and O–H groups in total. The molecule has 0 aromatic carbocycles. The van der Waals surface area contributed by atoms with Gasteiger partial charge in [-0.25, -0.2) is 0 Å². The van der Waals surface area contributed by atoms with Crippen molar-refractivity contribution in [1.29, 1.82) is 0 Å². The molecular weight excluding hydrogens is 162 g/mol. The first kappa shape index (κ1) is 11.0. The number of hydrogen-bond donors (Lipinski definition) is 2. The fourth-order valence-corrected chi connectivity index (χ4v) is 2.05. The van der Waals surface area contributed by atoms with Gasteiger partial charge in [0, 0.05) is 24.6 Å². The summed E-state index contributed by atoms with van der Waals surface area (Å²) in [6, 6.07) is 0.587. The van der Waals surface area contributed by atoms with Gasteiger partial charge in [0.2, 0.25) is 0 Å². The van der Waals surface area contributed by atoms with Crippen molar-refractivity contribution in [1.82, 2.24) is 5.32 Å². The van der Waals surface area contributed by atoms with E-state index in [1.54, 1.807) is 0 Å². The van der Waals surface area contributed by atoms with E-state index in [1.165, 1.54) is 32.1 Å². The molecule has 2 nitrogen and oxygen atoms in total. The van der Waals surface area contributed by atoms with Gasteiger partial charge in [-0.1, -0.05) is 19.8 Å². The van der Waals surface area contributed by atoms with Gasteiger partial charge in [0.15, 0.2) is 0 Å². The van der Waals surface area contributed by atoms with Crippen molar-refractivity contribution < 1.29 is 5.11 Å². The molecule has 0 radical (unpaired) electrons. The van der Waals surface area contributed by atoms with Gasteiger partial charge in [-0.2, -0.15) is 0 Å². The van der Waals surface area contributed by atoms with Crippen molar-refractivity contribution in [2.75, 3.05) is 13.2 Å². The van der Waals surface area contributed by atoms with Crippen molar-refractivity contribution >= 4 is 0 Å². The summed E-state index contributed by atoms with van der Waals surface area (Å²) in [4.78, 5) is 0. The third-order valence-electron chi connectivity index (χ3n) is 3.44. The summed E-state index contributed by atoms with van der Waals surface area (Å²) in [6.45, 7) is 5.76. The van der Waals surface area contributed by atoms with E-state index in [2.05, 4.69) is 19.2 Å². The van der Waals surface area contributed by atoms with E-state index < -0.39 is 0 Å². The number of nitrogens with one attached hydrogen (secondary N) is 1. The second-order valence-electron chi connectivity index (χ2n) is 4.56. The Hall–Kier alpha value is -0.0800. The highest BCUT2D eigenvalue weighted by Gasteiger charge is 2.32. The van der Waals surface area contributed by atoms with Gasteiger partial charge in [0.25, 0.3) is 0 Å². The lowest BCUT2D eigenvalue weighted by Gasteiger charge is -2.28. The summed E-state index contributed by atoms with van der Waals surface area (Å²) in [5.74, 6) is 0. The smallest absolute Gasteiger partial charge is 0.0499 e. The Labute approximate surface area is 81.7 Å². The van der Waals surface area contributed by atoms with Crippen LogP contribution in [-0.2, 0) is 0 Å². The number of hydrogen-bond acceptors (Lipinski definition) is 2. The molecule has 1 rings (SSSR count). The molecule has 0 amide bonds. The summed E-state index contributed by atoms with van der Waals surface area (Å²) < 4.78 is 0. The maximum Gasteiger partial charge on any atom is 0.0499 e. The Balaban J connectivity index is 2.31. The van der Waals surface area contributed by atoms with Crippen molar-refractivity contribution in [3.8, 4) is 0 Å². The second-order valence-corrected chi connectivity index (χ2v) is 4.56. The second kappa shape index (κ2) is 4.97. The first-order valence-electron chi connectivity index (χ1n) is 5.57. The quantitative estimate of drug-likeness (QED) is 0.686. The maximum absolute atomic E-state index is 9.36. The van der Waals surface area contributed by atoms with Gasteiger partial charge in [0.05, 0.1) is 0 Å². The lowest BCUT2D eigenvalue weighted by atomic mass is 9.87. The molecule has 1 aliphatic rings. The number of aliphatic hydroxyl groups excluding tert-OH is 1. The standard InChI is InChI=1S/C11H23NO/c1-3-10(2)12-8-11(9-13)6-4-5-7-11/h10,12-13H,3-9H2,1-2H3. The maximum atomic E-state index is 9.36. The number of rotatable bonds is 5. The zero-order valence-electron chi connectivity index (χ0n) is 8.97. The van der Waals surface area contributed by atoms with Crippen LogP contribution in [0.15, 0.2) is 0 Å². The zero-order chi connectivity index (χ0) is 9.73. The number of aliphatic hydroxyl groups is 1. The topological polar surface area (TPSA) is 32.3 Å². The molecule has 1 unspecified atom stereocenters. The van der Waals surface area contributed by atoms with Crippen LogP contribution in [0, 0.1) is 5.41 Å². The first-order valence-corrected chi connectivity index (χ1v) is 5.57. The minimum atomic E-state index is 0.212. The molecule has 1 saturated carbocycles. The van der Waals surface area contributed by atoms with Crippen LogP contribution < -0.4 is 5.32 Å². The summed E-state index contributed by atoms with van der Waals surface area (Å²) >= 11 is 0. The van der Waals surface area contributed by atoms with Crippen molar-refractivity contribution in [2.45, 2.75) is 52.0 Å². The van der Waals surface area contributed by atoms with E-state index in [-0.39, 0.29) is 5.41 Å². The van der Waals surface area contributed by atoms with Crippen molar-refractivity contribution in [3.05, 3.63) is 0 Å². The molecule has 2 heteroatoms. The normalized spacial score (nSPS) is 23.3. The largest absolute Gasteiger partial charge is 0.396 e.